The van der Waals surface area contributed by atoms with Crippen LogP contribution in [0.1, 0.15) is 71.9 Å². The molecule has 3 aromatic rings. The molecule has 0 aromatic heterocycles. The van der Waals surface area contributed by atoms with Crippen LogP contribution in [-0.2, 0) is 0 Å². The molecule has 0 aliphatic carbocycles. The summed E-state index contributed by atoms with van der Waals surface area (Å²) in [7, 11) is 0. The summed E-state index contributed by atoms with van der Waals surface area (Å²) in [5, 5.41) is 8.81. The number of hydrogen-bond donors (Lipinski definition) is 3. The summed E-state index contributed by atoms with van der Waals surface area (Å²) in [5.41, 5.74) is 2.47. The van der Waals surface area contributed by atoms with Gasteiger partial charge in [0.1, 0.15) is 5.75 Å². The zero-order chi connectivity index (χ0) is 26.6. The minimum atomic E-state index is -0.382. The van der Waals surface area contributed by atoms with Gasteiger partial charge in [-0.1, -0.05) is 78.5 Å². The first-order valence-corrected chi connectivity index (χ1v) is 13.6. The fraction of sp³-hybridized carbons (Fsp3) is 0.276. The number of carbonyl (C=O) groups excluding carboxylic acids is 2. The van der Waals surface area contributed by atoms with Gasteiger partial charge in [-0.3, -0.25) is 14.9 Å². The number of halogens is 1. The first-order chi connectivity index (χ1) is 17.9. The van der Waals surface area contributed by atoms with Gasteiger partial charge in [-0.25, -0.2) is 0 Å². The minimum Gasteiger partial charge on any atom is -0.493 e. The molecule has 3 aromatic carbocycles. The molecule has 1 unspecified atom stereocenters. The zero-order valence-corrected chi connectivity index (χ0v) is 23.5. The van der Waals surface area contributed by atoms with Gasteiger partial charge in [-0.05, 0) is 67.5 Å². The number of ether oxygens (including phenoxy) is 1. The maximum absolute atomic E-state index is 13.0. The van der Waals surface area contributed by atoms with Crippen LogP contribution in [0.25, 0.3) is 0 Å². The number of carbonyl (C=O) groups is 2. The third-order valence-corrected chi connectivity index (χ3v) is 6.40. The fourth-order valence-electron chi connectivity index (χ4n) is 3.69. The van der Waals surface area contributed by atoms with Gasteiger partial charge in [0, 0.05) is 15.7 Å². The highest BCUT2D eigenvalue weighted by molar-refractivity contribution is 9.10. The summed E-state index contributed by atoms with van der Waals surface area (Å²) in [6, 6.07) is 21.9. The summed E-state index contributed by atoms with van der Waals surface area (Å²) < 4.78 is 6.64. The van der Waals surface area contributed by atoms with Crippen LogP contribution in [0.15, 0.2) is 77.3 Å². The summed E-state index contributed by atoms with van der Waals surface area (Å²) >= 11 is 8.79. The van der Waals surface area contributed by atoms with Crippen molar-refractivity contribution in [2.24, 2.45) is 0 Å². The van der Waals surface area contributed by atoms with E-state index >= 15 is 0 Å². The molecular weight excluding hydrogens is 550 g/mol. The molecule has 37 heavy (non-hydrogen) atoms. The molecule has 0 fully saturated rings. The van der Waals surface area contributed by atoms with Crippen LogP contribution < -0.4 is 20.7 Å². The lowest BCUT2D eigenvalue weighted by molar-refractivity contribution is 0.0937. The van der Waals surface area contributed by atoms with Crippen molar-refractivity contribution in [3.63, 3.8) is 0 Å². The van der Waals surface area contributed by atoms with Crippen molar-refractivity contribution in [2.45, 2.75) is 45.6 Å². The van der Waals surface area contributed by atoms with Crippen molar-refractivity contribution in [3.8, 4) is 5.75 Å². The molecule has 0 radical (unpaired) electrons. The minimum absolute atomic E-state index is 0.120. The van der Waals surface area contributed by atoms with Gasteiger partial charge in [-0.2, -0.15) is 0 Å². The molecule has 3 rings (SSSR count). The van der Waals surface area contributed by atoms with Crippen molar-refractivity contribution in [1.29, 1.82) is 0 Å². The van der Waals surface area contributed by atoms with Crippen LogP contribution in [0, 0.1) is 0 Å². The third-order valence-electron chi connectivity index (χ3n) is 5.70. The second-order valence-corrected chi connectivity index (χ2v) is 9.97. The standard InChI is InChI=1S/C29H32BrN3O3S/c1-3-4-5-9-17-36-26-16-15-23(30)19-25(26)28(35)33-29(37)32-24-14-10-13-22(18-24)27(34)31-20(2)21-11-7-6-8-12-21/h6-8,10-16,18-20H,3-5,9,17H2,1-2H3,(H,31,34)(H2,32,33,35,37). The van der Waals surface area contributed by atoms with E-state index in [1.165, 1.54) is 0 Å². The predicted molar refractivity (Wildman–Crippen MR) is 156 cm³/mol. The van der Waals surface area contributed by atoms with Gasteiger partial charge in [0.25, 0.3) is 11.8 Å². The number of amides is 2. The highest BCUT2D eigenvalue weighted by Gasteiger charge is 2.16. The van der Waals surface area contributed by atoms with E-state index < -0.39 is 0 Å². The van der Waals surface area contributed by atoms with Gasteiger partial charge < -0.3 is 15.4 Å². The molecule has 0 aliphatic rings. The van der Waals surface area contributed by atoms with Crippen LogP contribution in [-0.4, -0.2) is 23.5 Å². The molecule has 2 amide bonds. The van der Waals surface area contributed by atoms with Crippen molar-refractivity contribution in [2.75, 3.05) is 11.9 Å². The molecule has 0 saturated carbocycles. The zero-order valence-electron chi connectivity index (χ0n) is 21.1. The summed E-state index contributed by atoms with van der Waals surface area (Å²) in [6.45, 7) is 4.64. The van der Waals surface area contributed by atoms with Gasteiger partial charge in [0.2, 0.25) is 0 Å². The Bertz CT molecular complexity index is 1220. The first-order valence-electron chi connectivity index (χ1n) is 12.4. The Balaban J connectivity index is 1.59. The van der Waals surface area contributed by atoms with E-state index in [9.17, 15) is 9.59 Å². The van der Waals surface area contributed by atoms with Crippen LogP contribution in [0.2, 0.25) is 0 Å². The molecule has 0 heterocycles. The molecule has 6 nitrogen and oxygen atoms in total. The quantitative estimate of drug-likeness (QED) is 0.167. The Morgan fingerprint density at radius 3 is 2.49 bits per heavy atom. The maximum atomic E-state index is 13.0. The SMILES string of the molecule is CCCCCCOc1ccc(Br)cc1C(=O)NC(=S)Nc1cccc(C(=O)NC(C)c2ccccc2)c1. The van der Waals surface area contributed by atoms with Gasteiger partial charge in [-0.15, -0.1) is 0 Å². The number of hydrogen-bond acceptors (Lipinski definition) is 4. The number of nitrogens with one attached hydrogen (secondary N) is 3. The van der Waals surface area contributed by atoms with Crippen LogP contribution >= 0.6 is 28.1 Å². The second kappa shape index (κ2) is 14.5. The molecule has 3 N–H and O–H groups in total. The molecule has 0 spiro atoms. The Morgan fingerprint density at radius 1 is 0.946 bits per heavy atom. The first kappa shape index (κ1) is 28.3. The van der Waals surface area contributed by atoms with Crippen molar-refractivity contribution in [1.82, 2.24) is 10.6 Å². The monoisotopic (exact) mass is 581 g/mol. The maximum Gasteiger partial charge on any atom is 0.261 e. The predicted octanol–water partition coefficient (Wildman–Crippen LogP) is 7.03. The molecular formula is C29H32BrN3O3S. The van der Waals surface area contributed by atoms with Crippen molar-refractivity contribution in [3.05, 3.63) is 94.0 Å². The lowest BCUT2D eigenvalue weighted by Gasteiger charge is -2.15. The van der Waals surface area contributed by atoms with E-state index in [0.717, 1.165) is 35.7 Å². The van der Waals surface area contributed by atoms with Crippen LogP contribution in [0.5, 0.6) is 5.75 Å². The Labute approximate surface area is 232 Å². The van der Waals surface area contributed by atoms with E-state index in [4.69, 9.17) is 17.0 Å². The number of thiocarbonyl (C=S) groups is 1. The lowest BCUT2D eigenvalue weighted by atomic mass is 10.1. The largest absolute Gasteiger partial charge is 0.493 e. The Kier molecular flexibility index (Phi) is 11.1. The summed E-state index contributed by atoms with van der Waals surface area (Å²) in [4.78, 5) is 25.8. The molecule has 194 valence electrons. The van der Waals surface area contributed by atoms with E-state index in [1.807, 2.05) is 43.3 Å². The van der Waals surface area contributed by atoms with E-state index in [0.29, 0.717) is 29.2 Å². The average molecular weight is 583 g/mol. The van der Waals surface area contributed by atoms with Crippen molar-refractivity contribution < 1.29 is 14.3 Å². The normalized spacial score (nSPS) is 11.3. The third kappa shape index (κ3) is 8.98. The van der Waals surface area contributed by atoms with E-state index in [1.54, 1.807) is 36.4 Å². The van der Waals surface area contributed by atoms with Crippen LogP contribution in [0.3, 0.4) is 0 Å². The topological polar surface area (TPSA) is 79.5 Å². The van der Waals surface area contributed by atoms with E-state index in [2.05, 4.69) is 38.8 Å². The average Bonchev–Trinajstić information content (AvgIpc) is 2.89. The number of unbranched alkanes of at least 4 members (excludes halogenated alkanes) is 3. The van der Waals surface area contributed by atoms with Gasteiger partial charge in [0.15, 0.2) is 5.11 Å². The van der Waals surface area contributed by atoms with Gasteiger partial charge in [0.05, 0.1) is 18.2 Å². The Hall–Kier alpha value is -3.23. The number of rotatable bonds is 11. The molecule has 0 bridgehead atoms. The van der Waals surface area contributed by atoms with Gasteiger partial charge >= 0.3 is 0 Å². The number of anilines is 1. The summed E-state index contributed by atoms with van der Waals surface area (Å²) in [6.07, 6.45) is 4.33. The molecule has 0 saturated heterocycles. The Morgan fingerprint density at radius 2 is 1.73 bits per heavy atom. The lowest BCUT2D eigenvalue weighted by Crippen LogP contribution is -2.34. The van der Waals surface area contributed by atoms with Crippen molar-refractivity contribution >= 4 is 50.8 Å². The second-order valence-electron chi connectivity index (χ2n) is 8.64. The molecule has 1 atom stereocenters. The van der Waals surface area contributed by atoms with Crippen LogP contribution in [0.4, 0.5) is 5.69 Å². The highest BCUT2D eigenvalue weighted by Crippen LogP contribution is 2.24. The number of benzene rings is 3. The van der Waals surface area contributed by atoms with E-state index in [-0.39, 0.29) is 23.0 Å². The summed E-state index contributed by atoms with van der Waals surface area (Å²) in [5.74, 6) is -0.0797. The highest BCUT2D eigenvalue weighted by atomic mass is 79.9. The molecule has 8 heteroatoms. The fourth-order valence-corrected chi connectivity index (χ4v) is 4.26. The smallest absolute Gasteiger partial charge is 0.261 e. The molecule has 0 aliphatic heterocycles.